The highest BCUT2D eigenvalue weighted by Gasteiger charge is 2.39. The predicted molar refractivity (Wildman–Crippen MR) is 33.2 cm³/mol. The van der Waals surface area contributed by atoms with Gasteiger partial charge in [-0.25, -0.2) is 0 Å². The van der Waals surface area contributed by atoms with Gasteiger partial charge in [0, 0.05) is 12.3 Å². The van der Waals surface area contributed by atoms with E-state index in [9.17, 15) is 0 Å². The van der Waals surface area contributed by atoms with Gasteiger partial charge >= 0.3 is 0 Å². The lowest BCUT2D eigenvalue weighted by Crippen LogP contribution is -2.29. The van der Waals surface area contributed by atoms with Crippen LogP contribution < -0.4 is 0 Å². The molecular weight excluding hydrogens is 136 g/mol. The van der Waals surface area contributed by atoms with Crippen molar-refractivity contribution in [3.8, 4) is 0 Å². The zero-order valence-electron chi connectivity index (χ0n) is 5.51. The highest BCUT2D eigenvalue weighted by molar-refractivity contribution is 4.90. The zero-order valence-corrected chi connectivity index (χ0v) is 5.51. The van der Waals surface area contributed by atoms with Gasteiger partial charge < -0.3 is 20.4 Å². The van der Waals surface area contributed by atoms with Crippen molar-refractivity contribution >= 4 is 0 Å². The molecule has 1 fully saturated rings. The van der Waals surface area contributed by atoms with E-state index in [0.717, 1.165) is 0 Å². The van der Waals surface area contributed by atoms with E-state index < -0.39 is 24.2 Å². The van der Waals surface area contributed by atoms with Crippen LogP contribution in [-0.4, -0.2) is 45.3 Å². The normalized spacial score (nSPS) is 48.0. The van der Waals surface area contributed by atoms with Crippen molar-refractivity contribution in [2.45, 2.75) is 24.7 Å². The molecule has 0 aromatic rings. The molecule has 0 heterocycles. The SMILES string of the molecule is OC[C@H]1[C@H](O)[C@@H](O)C[C@H]1O. The third-order valence-electron chi connectivity index (χ3n) is 2.02. The standard InChI is InChI=1S/C6H12O4/c7-2-3-4(8)1-5(9)6(3)10/h3-10H,1-2H2/t3-,4-,5+,6+/m1/s1. The van der Waals surface area contributed by atoms with Gasteiger partial charge in [-0.2, -0.15) is 0 Å². The van der Waals surface area contributed by atoms with Crippen LogP contribution in [0, 0.1) is 5.92 Å². The molecule has 0 amide bonds. The topological polar surface area (TPSA) is 80.9 Å². The molecule has 1 saturated carbocycles. The average molecular weight is 148 g/mol. The molecule has 0 unspecified atom stereocenters. The van der Waals surface area contributed by atoms with E-state index >= 15 is 0 Å². The third-order valence-corrected chi connectivity index (χ3v) is 2.02. The van der Waals surface area contributed by atoms with E-state index in [2.05, 4.69) is 0 Å². The van der Waals surface area contributed by atoms with Gasteiger partial charge in [0.15, 0.2) is 0 Å². The second-order valence-corrected chi connectivity index (χ2v) is 2.71. The summed E-state index contributed by atoms with van der Waals surface area (Å²) in [5.74, 6) is -0.574. The van der Waals surface area contributed by atoms with Crippen molar-refractivity contribution < 1.29 is 20.4 Å². The third kappa shape index (κ3) is 1.15. The summed E-state index contributed by atoms with van der Waals surface area (Å²) in [5.41, 5.74) is 0. The summed E-state index contributed by atoms with van der Waals surface area (Å²) in [7, 11) is 0. The maximum Gasteiger partial charge on any atom is 0.0874 e. The van der Waals surface area contributed by atoms with Crippen LogP contribution >= 0.6 is 0 Å². The molecule has 0 bridgehead atoms. The lowest BCUT2D eigenvalue weighted by molar-refractivity contribution is -0.00584. The van der Waals surface area contributed by atoms with Crippen molar-refractivity contribution in [3.05, 3.63) is 0 Å². The maximum atomic E-state index is 9.06. The van der Waals surface area contributed by atoms with Crippen LogP contribution in [0.2, 0.25) is 0 Å². The molecule has 0 aromatic heterocycles. The highest BCUT2D eigenvalue weighted by atomic mass is 16.3. The van der Waals surface area contributed by atoms with Gasteiger partial charge in [-0.1, -0.05) is 0 Å². The molecule has 0 radical (unpaired) electrons. The van der Waals surface area contributed by atoms with Gasteiger partial charge in [-0.3, -0.25) is 0 Å². The van der Waals surface area contributed by atoms with Gasteiger partial charge in [-0.05, 0) is 0 Å². The number of aliphatic hydroxyl groups is 4. The minimum Gasteiger partial charge on any atom is -0.396 e. The molecule has 1 aliphatic carbocycles. The lowest BCUT2D eigenvalue weighted by Gasteiger charge is -2.14. The molecule has 0 aliphatic heterocycles. The lowest BCUT2D eigenvalue weighted by atomic mass is 10.1. The molecular formula is C6H12O4. The van der Waals surface area contributed by atoms with Gasteiger partial charge in [0.05, 0.1) is 24.9 Å². The number of aliphatic hydroxyl groups excluding tert-OH is 4. The van der Waals surface area contributed by atoms with Crippen LogP contribution in [0.1, 0.15) is 6.42 Å². The van der Waals surface area contributed by atoms with Gasteiger partial charge in [-0.15, -0.1) is 0 Å². The Kier molecular flexibility index (Phi) is 2.25. The Morgan fingerprint density at radius 3 is 1.90 bits per heavy atom. The van der Waals surface area contributed by atoms with E-state index in [1.54, 1.807) is 0 Å². The fourth-order valence-electron chi connectivity index (χ4n) is 1.30. The van der Waals surface area contributed by atoms with Crippen LogP contribution in [0.5, 0.6) is 0 Å². The molecule has 4 atom stereocenters. The second-order valence-electron chi connectivity index (χ2n) is 2.71. The Morgan fingerprint density at radius 2 is 1.70 bits per heavy atom. The van der Waals surface area contributed by atoms with Gasteiger partial charge in [0.2, 0.25) is 0 Å². The fraction of sp³-hybridized carbons (Fsp3) is 1.00. The molecule has 4 nitrogen and oxygen atoms in total. The molecule has 0 aromatic carbocycles. The minimum atomic E-state index is -0.972. The summed E-state index contributed by atoms with van der Waals surface area (Å²) >= 11 is 0. The first-order valence-corrected chi connectivity index (χ1v) is 3.32. The quantitative estimate of drug-likeness (QED) is 0.349. The van der Waals surface area contributed by atoms with Crippen molar-refractivity contribution in [2.24, 2.45) is 5.92 Å². The molecule has 1 aliphatic rings. The summed E-state index contributed by atoms with van der Waals surface area (Å²) in [4.78, 5) is 0. The highest BCUT2D eigenvalue weighted by Crippen LogP contribution is 2.25. The summed E-state index contributed by atoms with van der Waals surface area (Å²) in [6, 6.07) is 0. The van der Waals surface area contributed by atoms with Crippen LogP contribution in [0.15, 0.2) is 0 Å². The van der Waals surface area contributed by atoms with Gasteiger partial charge in [0.1, 0.15) is 0 Å². The van der Waals surface area contributed by atoms with Gasteiger partial charge in [0.25, 0.3) is 0 Å². The van der Waals surface area contributed by atoms with Crippen molar-refractivity contribution in [1.29, 1.82) is 0 Å². The van der Waals surface area contributed by atoms with Crippen molar-refractivity contribution in [2.75, 3.05) is 6.61 Å². The minimum absolute atomic E-state index is 0.159. The predicted octanol–water partition coefficient (Wildman–Crippen LogP) is -1.92. The zero-order chi connectivity index (χ0) is 7.72. The molecule has 4 N–H and O–H groups in total. The van der Waals surface area contributed by atoms with Crippen LogP contribution in [0.3, 0.4) is 0 Å². The van der Waals surface area contributed by atoms with E-state index in [-0.39, 0.29) is 13.0 Å². The van der Waals surface area contributed by atoms with Crippen molar-refractivity contribution in [1.82, 2.24) is 0 Å². The largest absolute Gasteiger partial charge is 0.396 e. The van der Waals surface area contributed by atoms with Crippen LogP contribution in [-0.2, 0) is 0 Å². The Hall–Kier alpha value is -0.160. The molecule has 0 saturated heterocycles. The Bertz CT molecular complexity index is 116. The number of hydrogen-bond donors (Lipinski definition) is 4. The average Bonchev–Trinajstić information content (AvgIpc) is 2.09. The van der Waals surface area contributed by atoms with E-state index in [1.165, 1.54) is 0 Å². The summed E-state index contributed by atoms with van der Waals surface area (Å²) in [6.07, 6.45) is -2.46. The number of rotatable bonds is 1. The first-order chi connectivity index (χ1) is 4.66. The summed E-state index contributed by atoms with van der Waals surface area (Å²) in [5, 5.41) is 35.6. The summed E-state index contributed by atoms with van der Waals surface area (Å²) < 4.78 is 0. The Balaban J connectivity index is 2.55. The first kappa shape index (κ1) is 7.94. The number of hydrogen-bond acceptors (Lipinski definition) is 4. The Labute approximate surface area is 58.7 Å². The van der Waals surface area contributed by atoms with E-state index in [4.69, 9.17) is 20.4 Å². The molecule has 60 valence electrons. The van der Waals surface area contributed by atoms with E-state index in [0.29, 0.717) is 0 Å². The maximum absolute atomic E-state index is 9.06. The first-order valence-electron chi connectivity index (χ1n) is 3.32. The van der Waals surface area contributed by atoms with E-state index in [1.807, 2.05) is 0 Å². The fourth-order valence-corrected chi connectivity index (χ4v) is 1.30. The molecule has 4 heteroatoms. The monoisotopic (exact) mass is 148 g/mol. The molecule has 0 spiro atoms. The molecule has 10 heavy (non-hydrogen) atoms. The Morgan fingerprint density at radius 1 is 1.10 bits per heavy atom. The summed E-state index contributed by atoms with van der Waals surface area (Å²) in [6.45, 7) is -0.278. The van der Waals surface area contributed by atoms with Crippen LogP contribution in [0.4, 0.5) is 0 Å². The molecule has 1 rings (SSSR count). The van der Waals surface area contributed by atoms with Crippen molar-refractivity contribution in [3.63, 3.8) is 0 Å². The smallest absolute Gasteiger partial charge is 0.0874 e. The second kappa shape index (κ2) is 2.84. The van der Waals surface area contributed by atoms with Crippen LogP contribution in [0.25, 0.3) is 0 Å².